The highest BCUT2D eigenvalue weighted by atomic mass is 127. The molecule has 3 rings (SSSR count). The van der Waals surface area contributed by atoms with Crippen LogP contribution in [0, 0.1) is 5.92 Å². The van der Waals surface area contributed by atoms with Crippen LogP contribution in [0.25, 0.3) is 0 Å². The molecule has 2 fully saturated rings. The van der Waals surface area contributed by atoms with E-state index in [1.165, 1.54) is 50.9 Å². The Kier molecular flexibility index (Phi) is 8.48. The SMILES string of the molecule is CCCN1CCC(CNC(=NC)NCC2(c3cccc(Cl)c3)CC2)C1.I. The third-order valence-corrected chi connectivity index (χ3v) is 5.81. The molecule has 1 aromatic rings. The van der Waals surface area contributed by atoms with Gasteiger partial charge < -0.3 is 15.5 Å². The van der Waals surface area contributed by atoms with E-state index in [2.05, 4.69) is 39.6 Å². The summed E-state index contributed by atoms with van der Waals surface area (Å²) in [6.07, 6.45) is 4.96. The normalized spacial score (nSPS) is 22.0. The first-order valence-electron chi connectivity index (χ1n) is 9.58. The second kappa shape index (κ2) is 10.1. The minimum absolute atomic E-state index is 0. The Morgan fingerprint density at radius 3 is 2.81 bits per heavy atom. The Balaban J connectivity index is 0.00000243. The number of rotatable bonds is 7. The maximum atomic E-state index is 6.16. The van der Waals surface area contributed by atoms with Gasteiger partial charge in [0.1, 0.15) is 0 Å². The average molecular weight is 491 g/mol. The van der Waals surface area contributed by atoms with Gasteiger partial charge in [-0.15, -0.1) is 24.0 Å². The van der Waals surface area contributed by atoms with Gasteiger partial charge in [0, 0.05) is 37.1 Å². The Hall–Kier alpha value is -0.530. The molecule has 0 bridgehead atoms. The lowest BCUT2D eigenvalue weighted by atomic mass is 9.96. The first-order valence-corrected chi connectivity index (χ1v) is 9.96. The van der Waals surface area contributed by atoms with E-state index < -0.39 is 0 Å². The monoisotopic (exact) mass is 490 g/mol. The van der Waals surface area contributed by atoms with Crippen molar-refractivity contribution in [2.24, 2.45) is 10.9 Å². The van der Waals surface area contributed by atoms with Crippen molar-refractivity contribution in [2.75, 3.05) is 39.8 Å². The molecule has 26 heavy (non-hydrogen) atoms. The molecule has 1 aliphatic carbocycles. The first-order chi connectivity index (χ1) is 12.1. The summed E-state index contributed by atoms with van der Waals surface area (Å²) in [4.78, 5) is 6.97. The number of halogens is 2. The summed E-state index contributed by atoms with van der Waals surface area (Å²) in [6, 6.07) is 8.29. The molecule has 0 aromatic heterocycles. The lowest BCUT2D eigenvalue weighted by Crippen LogP contribution is -2.43. The summed E-state index contributed by atoms with van der Waals surface area (Å²) in [5, 5.41) is 7.88. The van der Waals surface area contributed by atoms with Crippen molar-refractivity contribution in [1.29, 1.82) is 0 Å². The van der Waals surface area contributed by atoms with Crippen LogP contribution in [0.4, 0.5) is 0 Å². The highest BCUT2D eigenvalue weighted by Gasteiger charge is 2.44. The zero-order chi connectivity index (χ0) is 17.7. The molecule has 146 valence electrons. The predicted octanol–water partition coefficient (Wildman–Crippen LogP) is 3.89. The van der Waals surface area contributed by atoms with Crippen molar-refractivity contribution in [3.8, 4) is 0 Å². The van der Waals surface area contributed by atoms with Gasteiger partial charge in [-0.2, -0.15) is 0 Å². The van der Waals surface area contributed by atoms with Gasteiger partial charge in [0.25, 0.3) is 0 Å². The molecule has 1 aromatic carbocycles. The van der Waals surface area contributed by atoms with E-state index in [9.17, 15) is 0 Å². The predicted molar refractivity (Wildman–Crippen MR) is 122 cm³/mol. The molecule has 2 aliphatic rings. The van der Waals surface area contributed by atoms with E-state index in [4.69, 9.17) is 11.6 Å². The van der Waals surface area contributed by atoms with Crippen LogP contribution < -0.4 is 10.6 Å². The van der Waals surface area contributed by atoms with Crippen LogP contribution in [0.2, 0.25) is 5.02 Å². The standard InChI is InChI=1S/C20H31ClN4.HI/c1-3-10-25-11-7-16(14-25)13-23-19(22-2)24-15-20(8-9-20)17-5-4-6-18(21)12-17;/h4-6,12,16H,3,7-11,13-15H2,1-2H3,(H2,22,23,24);1H. The Bertz CT molecular complexity index is 603. The second-order valence-electron chi connectivity index (χ2n) is 7.55. The van der Waals surface area contributed by atoms with Crippen molar-refractivity contribution in [1.82, 2.24) is 15.5 Å². The highest BCUT2D eigenvalue weighted by Crippen LogP contribution is 2.48. The zero-order valence-corrected chi connectivity index (χ0v) is 19.0. The molecule has 1 aliphatic heterocycles. The molecular weight excluding hydrogens is 459 g/mol. The topological polar surface area (TPSA) is 39.7 Å². The highest BCUT2D eigenvalue weighted by molar-refractivity contribution is 14.0. The van der Waals surface area contributed by atoms with Gasteiger partial charge in [0.2, 0.25) is 0 Å². The number of likely N-dealkylation sites (tertiary alicyclic amines) is 1. The quantitative estimate of drug-likeness (QED) is 0.346. The van der Waals surface area contributed by atoms with Gasteiger partial charge >= 0.3 is 0 Å². The minimum atomic E-state index is 0. The molecule has 1 heterocycles. The van der Waals surface area contributed by atoms with E-state index in [0.717, 1.165) is 30.0 Å². The van der Waals surface area contributed by atoms with Crippen molar-refractivity contribution in [3.05, 3.63) is 34.9 Å². The number of hydrogen-bond donors (Lipinski definition) is 2. The summed E-state index contributed by atoms with van der Waals surface area (Å²) >= 11 is 6.16. The van der Waals surface area contributed by atoms with Crippen molar-refractivity contribution in [3.63, 3.8) is 0 Å². The molecule has 0 radical (unpaired) electrons. The molecule has 0 amide bonds. The van der Waals surface area contributed by atoms with Crippen molar-refractivity contribution in [2.45, 2.75) is 38.0 Å². The van der Waals surface area contributed by atoms with Gasteiger partial charge in [-0.3, -0.25) is 4.99 Å². The summed E-state index contributed by atoms with van der Waals surface area (Å²) in [7, 11) is 1.85. The smallest absolute Gasteiger partial charge is 0.191 e. The van der Waals surface area contributed by atoms with Crippen molar-refractivity contribution >= 4 is 41.5 Å². The summed E-state index contributed by atoms with van der Waals surface area (Å²) in [5.41, 5.74) is 1.57. The number of guanidine groups is 1. The van der Waals surface area contributed by atoms with E-state index in [-0.39, 0.29) is 29.4 Å². The number of nitrogens with zero attached hydrogens (tertiary/aromatic N) is 2. The molecule has 0 spiro atoms. The maximum Gasteiger partial charge on any atom is 0.191 e. The number of nitrogens with one attached hydrogen (secondary N) is 2. The van der Waals surface area contributed by atoms with E-state index in [1.807, 2.05) is 19.2 Å². The Labute approximate surface area is 180 Å². The van der Waals surface area contributed by atoms with Crippen LogP contribution in [0.15, 0.2) is 29.3 Å². The lowest BCUT2D eigenvalue weighted by Gasteiger charge is -2.20. The fourth-order valence-corrected chi connectivity index (χ4v) is 4.04. The van der Waals surface area contributed by atoms with Gasteiger partial charge in [0.05, 0.1) is 0 Å². The van der Waals surface area contributed by atoms with Gasteiger partial charge in [-0.25, -0.2) is 0 Å². The molecule has 1 saturated heterocycles. The summed E-state index contributed by atoms with van der Waals surface area (Å²) in [5.74, 6) is 1.65. The molecule has 6 heteroatoms. The van der Waals surface area contributed by atoms with Crippen molar-refractivity contribution < 1.29 is 0 Å². The largest absolute Gasteiger partial charge is 0.356 e. The summed E-state index contributed by atoms with van der Waals surface area (Å²) < 4.78 is 0. The molecule has 1 unspecified atom stereocenters. The summed E-state index contributed by atoms with van der Waals surface area (Å²) in [6.45, 7) is 7.86. The fourth-order valence-electron chi connectivity index (χ4n) is 3.85. The number of aliphatic imine (C=N–C) groups is 1. The van der Waals surface area contributed by atoms with Crippen LogP contribution >= 0.6 is 35.6 Å². The minimum Gasteiger partial charge on any atom is -0.356 e. The van der Waals surface area contributed by atoms with E-state index in [1.54, 1.807) is 0 Å². The maximum absolute atomic E-state index is 6.16. The number of benzene rings is 1. The molecule has 2 N–H and O–H groups in total. The number of hydrogen-bond acceptors (Lipinski definition) is 2. The van der Waals surface area contributed by atoms with Crippen LogP contribution in [-0.2, 0) is 5.41 Å². The third kappa shape index (κ3) is 5.73. The molecule has 1 atom stereocenters. The Morgan fingerprint density at radius 2 is 2.15 bits per heavy atom. The fraction of sp³-hybridized carbons (Fsp3) is 0.650. The van der Waals surface area contributed by atoms with Crippen LogP contribution in [-0.4, -0.2) is 50.6 Å². The first kappa shape index (κ1) is 21.8. The molecule has 1 saturated carbocycles. The molecular formula is C20H32ClIN4. The second-order valence-corrected chi connectivity index (χ2v) is 7.99. The van der Waals surface area contributed by atoms with Crippen LogP contribution in [0.3, 0.4) is 0 Å². The van der Waals surface area contributed by atoms with Gasteiger partial charge in [-0.05, 0) is 62.4 Å². The lowest BCUT2D eigenvalue weighted by molar-refractivity contribution is 0.324. The third-order valence-electron chi connectivity index (χ3n) is 5.58. The average Bonchev–Trinajstić information content (AvgIpc) is 3.28. The van der Waals surface area contributed by atoms with E-state index >= 15 is 0 Å². The molecule has 4 nitrogen and oxygen atoms in total. The Morgan fingerprint density at radius 1 is 1.35 bits per heavy atom. The van der Waals surface area contributed by atoms with Gasteiger partial charge in [-0.1, -0.05) is 30.7 Å². The van der Waals surface area contributed by atoms with Crippen LogP contribution in [0.5, 0.6) is 0 Å². The van der Waals surface area contributed by atoms with Crippen LogP contribution in [0.1, 0.15) is 38.2 Å². The van der Waals surface area contributed by atoms with E-state index in [0.29, 0.717) is 0 Å². The zero-order valence-electron chi connectivity index (χ0n) is 15.9. The van der Waals surface area contributed by atoms with Gasteiger partial charge in [0.15, 0.2) is 5.96 Å².